The SMILES string of the molecule is CCOC(=O)c1c(Cl)nc(Cl)nc1CC. The summed E-state index contributed by atoms with van der Waals surface area (Å²) in [5, 5.41) is 0.0650. The highest BCUT2D eigenvalue weighted by atomic mass is 35.5. The standard InChI is InChI=1S/C9H10Cl2N2O2/c1-3-5-6(8(14)15-4-2)7(10)13-9(11)12-5/h3-4H2,1-2H3. The van der Waals surface area contributed by atoms with Crippen molar-refractivity contribution in [2.45, 2.75) is 20.3 Å². The third-order valence-corrected chi connectivity index (χ3v) is 2.17. The normalized spacial score (nSPS) is 10.1. The van der Waals surface area contributed by atoms with Crippen LogP contribution in [-0.4, -0.2) is 22.5 Å². The number of nitrogens with zero attached hydrogens (tertiary/aromatic N) is 2. The van der Waals surface area contributed by atoms with Gasteiger partial charge in [-0.1, -0.05) is 18.5 Å². The summed E-state index contributed by atoms with van der Waals surface area (Å²) in [6, 6.07) is 0. The number of halogens is 2. The molecule has 6 heteroatoms. The third-order valence-electron chi connectivity index (χ3n) is 1.73. The van der Waals surface area contributed by atoms with Crippen molar-refractivity contribution in [3.63, 3.8) is 0 Å². The minimum atomic E-state index is -0.518. The topological polar surface area (TPSA) is 52.1 Å². The van der Waals surface area contributed by atoms with Crippen LogP contribution in [0.5, 0.6) is 0 Å². The van der Waals surface area contributed by atoms with Crippen molar-refractivity contribution >= 4 is 29.2 Å². The van der Waals surface area contributed by atoms with Crippen LogP contribution in [-0.2, 0) is 11.2 Å². The largest absolute Gasteiger partial charge is 0.462 e. The van der Waals surface area contributed by atoms with Gasteiger partial charge in [-0.15, -0.1) is 0 Å². The molecular formula is C9H10Cl2N2O2. The summed E-state index contributed by atoms with van der Waals surface area (Å²) in [5.74, 6) is -0.518. The molecule has 1 aromatic rings. The molecule has 0 spiro atoms. The second kappa shape index (κ2) is 5.28. The lowest BCUT2D eigenvalue weighted by Gasteiger charge is -2.07. The van der Waals surface area contributed by atoms with E-state index in [2.05, 4.69) is 9.97 Å². The Morgan fingerprint density at radius 2 is 2.00 bits per heavy atom. The van der Waals surface area contributed by atoms with Gasteiger partial charge in [-0.2, -0.15) is 0 Å². The first-order valence-electron chi connectivity index (χ1n) is 4.49. The molecule has 0 N–H and O–H groups in total. The fourth-order valence-corrected chi connectivity index (χ4v) is 1.61. The van der Waals surface area contributed by atoms with E-state index >= 15 is 0 Å². The number of aromatic nitrogens is 2. The zero-order valence-electron chi connectivity index (χ0n) is 8.38. The Balaban J connectivity index is 3.20. The van der Waals surface area contributed by atoms with Crippen molar-refractivity contribution in [1.82, 2.24) is 9.97 Å². The molecule has 0 saturated heterocycles. The maximum atomic E-state index is 11.5. The minimum absolute atomic E-state index is 0.0323. The van der Waals surface area contributed by atoms with E-state index in [1.54, 1.807) is 6.92 Å². The number of hydrogen-bond acceptors (Lipinski definition) is 4. The summed E-state index contributed by atoms with van der Waals surface area (Å²) in [5.41, 5.74) is 0.698. The number of rotatable bonds is 3. The highest BCUT2D eigenvalue weighted by Gasteiger charge is 2.19. The number of ether oxygens (including phenoxy) is 1. The first-order valence-corrected chi connectivity index (χ1v) is 5.24. The summed E-state index contributed by atoms with van der Waals surface area (Å²) >= 11 is 11.4. The van der Waals surface area contributed by atoms with Gasteiger partial charge in [-0.05, 0) is 24.9 Å². The van der Waals surface area contributed by atoms with Crippen molar-refractivity contribution in [3.8, 4) is 0 Å². The third kappa shape index (κ3) is 2.79. The second-order valence-corrected chi connectivity index (χ2v) is 3.38. The molecule has 0 bridgehead atoms. The molecule has 1 heterocycles. The molecule has 0 saturated carbocycles. The Morgan fingerprint density at radius 1 is 1.33 bits per heavy atom. The van der Waals surface area contributed by atoms with Gasteiger partial charge in [0.25, 0.3) is 0 Å². The Hall–Kier alpha value is -0.870. The minimum Gasteiger partial charge on any atom is -0.462 e. The predicted octanol–water partition coefficient (Wildman–Crippen LogP) is 2.52. The summed E-state index contributed by atoms with van der Waals surface area (Å²) in [7, 11) is 0. The average Bonchev–Trinajstić information content (AvgIpc) is 2.16. The summed E-state index contributed by atoms with van der Waals surface area (Å²) in [6.07, 6.45) is 0.538. The lowest BCUT2D eigenvalue weighted by atomic mass is 10.2. The van der Waals surface area contributed by atoms with Crippen molar-refractivity contribution in [3.05, 3.63) is 21.7 Å². The zero-order chi connectivity index (χ0) is 11.4. The van der Waals surface area contributed by atoms with Crippen LogP contribution in [0.1, 0.15) is 29.9 Å². The molecule has 0 amide bonds. The Bertz CT molecular complexity index is 383. The van der Waals surface area contributed by atoms with E-state index in [-0.39, 0.29) is 22.6 Å². The van der Waals surface area contributed by atoms with Gasteiger partial charge in [0.1, 0.15) is 10.7 Å². The monoisotopic (exact) mass is 248 g/mol. The zero-order valence-corrected chi connectivity index (χ0v) is 9.89. The Morgan fingerprint density at radius 3 is 2.53 bits per heavy atom. The molecule has 0 unspecified atom stereocenters. The average molecular weight is 249 g/mol. The van der Waals surface area contributed by atoms with Crippen LogP contribution in [0.2, 0.25) is 10.4 Å². The molecule has 4 nitrogen and oxygen atoms in total. The van der Waals surface area contributed by atoms with Crippen molar-refractivity contribution < 1.29 is 9.53 Å². The Labute approximate surface area is 97.6 Å². The van der Waals surface area contributed by atoms with E-state index in [1.807, 2.05) is 6.92 Å². The van der Waals surface area contributed by atoms with E-state index < -0.39 is 5.97 Å². The van der Waals surface area contributed by atoms with E-state index in [9.17, 15) is 4.79 Å². The molecule has 0 aromatic carbocycles. The number of carbonyl (C=O) groups is 1. The molecule has 0 aliphatic heterocycles. The van der Waals surface area contributed by atoms with Gasteiger partial charge in [0.05, 0.1) is 12.3 Å². The molecule has 0 aliphatic carbocycles. The van der Waals surface area contributed by atoms with Crippen LogP contribution in [0.3, 0.4) is 0 Å². The van der Waals surface area contributed by atoms with Gasteiger partial charge in [-0.3, -0.25) is 0 Å². The predicted molar refractivity (Wildman–Crippen MR) is 57.4 cm³/mol. The highest BCUT2D eigenvalue weighted by Crippen LogP contribution is 2.20. The summed E-state index contributed by atoms with van der Waals surface area (Å²) in [4.78, 5) is 19.2. The van der Waals surface area contributed by atoms with Crippen LogP contribution in [0.15, 0.2) is 0 Å². The van der Waals surface area contributed by atoms with E-state index in [0.29, 0.717) is 12.1 Å². The number of hydrogen-bond donors (Lipinski definition) is 0. The summed E-state index contributed by atoms with van der Waals surface area (Å²) in [6.45, 7) is 3.84. The Kier molecular flexibility index (Phi) is 4.29. The van der Waals surface area contributed by atoms with Crippen LogP contribution in [0, 0.1) is 0 Å². The van der Waals surface area contributed by atoms with Crippen molar-refractivity contribution in [2.75, 3.05) is 6.61 Å². The van der Waals surface area contributed by atoms with Crippen LogP contribution >= 0.6 is 23.2 Å². The second-order valence-electron chi connectivity index (χ2n) is 2.68. The highest BCUT2D eigenvalue weighted by molar-refractivity contribution is 6.34. The number of esters is 1. The molecule has 1 rings (SSSR count). The quantitative estimate of drug-likeness (QED) is 0.469. The first kappa shape index (κ1) is 12.2. The maximum absolute atomic E-state index is 11.5. The maximum Gasteiger partial charge on any atom is 0.343 e. The van der Waals surface area contributed by atoms with Gasteiger partial charge >= 0.3 is 5.97 Å². The van der Waals surface area contributed by atoms with Crippen LogP contribution < -0.4 is 0 Å². The van der Waals surface area contributed by atoms with Crippen LogP contribution in [0.25, 0.3) is 0 Å². The van der Waals surface area contributed by atoms with Gasteiger partial charge in [0.2, 0.25) is 5.28 Å². The van der Waals surface area contributed by atoms with Gasteiger partial charge in [0, 0.05) is 0 Å². The lowest BCUT2D eigenvalue weighted by Crippen LogP contribution is -2.11. The van der Waals surface area contributed by atoms with E-state index in [0.717, 1.165) is 0 Å². The molecule has 0 aliphatic rings. The first-order chi connectivity index (χ1) is 7.10. The molecule has 1 aromatic heterocycles. The summed E-state index contributed by atoms with van der Waals surface area (Å²) < 4.78 is 4.84. The lowest BCUT2D eigenvalue weighted by molar-refractivity contribution is 0.0524. The van der Waals surface area contributed by atoms with E-state index in [4.69, 9.17) is 27.9 Å². The molecule has 15 heavy (non-hydrogen) atoms. The molecular weight excluding hydrogens is 239 g/mol. The van der Waals surface area contributed by atoms with Gasteiger partial charge < -0.3 is 4.74 Å². The fraction of sp³-hybridized carbons (Fsp3) is 0.444. The van der Waals surface area contributed by atoms with Crippen molar-refractivity contribution in [2.24, 2.45) is 0 Å². The molecule has 0 radical (unpaired) electrons. The van der Waals surface area contributed by atoms with Crippen LogP contribution in [0.4, 0.5) is 0 Å². The van der Waals surface area contributed by atoms with Gasteiger partial charge in [0.15, 0.2) is 0 Å². The van der Waals surface area contributed by atoms with Crippen molar-refractivity contribution in [1.29, 1.82) is 0 Å². The molecule has 0 atom stereocenters. The smallest absolute Gasteiger partial charge is 0.343 e. The fourth-order valence-electron chi connectivity index (χ4n) is 1.11. The number of aryl methyl sites for hydroxylation is 1. The van der Waals surface area contributed by atoms with Gasteiger partial charge in [-0.25, -0.2) is 14.8 Å². The molecule has 0 fully saturated rings. The van der Waals surface area contributed by atoms with E-state index in [1.165, 1.54) is 0 Å². The number of carbonyl (C=O) groups excluding carboxylic acids is 1. The molecule has 82 valence electrons.